The number of nitrogens with zero attached hydrogens (tertiary/aromatic N) is 1. The smallest absolute Gasteiger partial charge is 0.113 e. The summed E-state index contributed by atoms with van der Waals surface area (Å²) in [5.41, 5.74) is 2.50. The number of hydrogen-bond donors (Lipinski definition) is 0. The van der Waals surface area contributed by atoms with Gasteiger partial charge in [-0.05, 0) is 105 Å². The largest absolute Gasteiger partial charge is 0.248 e. The highest BCUT2D eigenvalue weighted by Gasteiger charge is 2.37. The van der Waals surface area contributed by atoms with Crippen LogP contribution < -0.4 is 0 Å². The highest BCUT2D eigenvalue weighted by atomic mass is 14.7. The third-order valence-electron chi connectivity index (χ3n) is 8.10. The monoisotopic (exact) mass is 439 g/mol. The molecule has 182 valence electrons. The second-order valence-electron chi connectivity index (χ2n) is 11.1. The van der Waals surface area contributed by atoms with Gasteiger partial charge < -0.3 is 0 Å². The van der Waals surface area contributed by atoms with Gasteiger partial charge in [-0.3, -0.25) is 0 Å². The molecular weight excluding hydrogens is 386 g/mol. The first kappa shape index (κ1) is 28.7. The van der Waals surface area contributed by atoms with E-state index < -0.39 is 0 Å². The van der Waals surface area contributed by atoms with Crippen molar-refractivity contribution in [1.29, 1.82) is 0 Å². The molecular formula is C31H53N. The van der Waals surface area contributed by atoms with Crippen molar-refractivity contribution in [1.82, 2.24) is 4.98 Å². The Balaban J connectivity index is 0.00000121. The second-order valence-corrected chi connectivity index (χ2v) is 11.1. The quantitative estimate of drug-likeness (QED) is 0.385. The SMILES string of the molecule is CC.CC.CCC1CC(Cc2ccc(C#CC(C)(C)C(C)(C)CCC3CC(C)C3)nc2)C1. The minimum Gasteiger partial charge on any atom is -0.248 e. The molecule has 32 heavy (non-hydrogen) atoms. The number of aromatic nitrogens is 1. The van der Waals surface area contributed by atoms with Crippen LogP contribution in [0.2, 0.25) is 0 Å². The molecule has 0 aromatic carbocycles. The molecule has 1 aromatic rings. The molecule has 1 aromatic heterocycles. The maximum absolute atomic E-state index is 4.65. The summed E-state index contributed by atoms with van der Waals surface area (Å²) in [7, 11) is 0. The van der Waals surface area contributed by atoms with Crippen molar-refractivity contribution < 1.29 is 0 Å². The van der Waals surface area contributed by atoms with Gasteiger partial charge in [0.1, 0.15) is 5.69 Å². The Hall–Kier alpha value is -1.29. The lowest BCUT2D eigenvalue weighted by atomic mass is 9.63. The van der Waals surface area contributed by atoms with Crippen LogP contribution in [0.15, 0.2) is 18.3 Å². The van der Waals surface area contributed by atoms with E-state index in [0.29, 0.717) is 0 Å². The summed E-state index contributed by atoms with van der Waals surface area (Å²) in [5, 5.41) is 0. The molecule has 1 heterocycles. The van der Waals surface area contributed by atoms with Crippen molar-refractivity contribution >= 4 is 0 Å². The lowest BCUT2D eigenvalue weighted by Gasteiger charge is -2.41. The van der Waals surface area contributed by atoms with Crippen molar-refractivity contribution in [3.63, 3.8) is 0 Å². The van der Waals surface area contributed by atoms with E-state index in [0.717, 1.165) is 29.4 Å². The van der Waals surface area contributed by atoms with E-state index in [9.17, 15) is 0 Å². The molecule has 0 saturated heterocycles. The normalized spacial score (nSPS) is 24.3. The average Bonchev–Trinajstić information content (AvgIpc) is 2.75. The van der Waals surface area contributed by atoms with Gasteiger partial charge >= 0.3 is 0 Å². The fourth-order valence-corrected chi connectivity index (χ4v) is 4.90. The van der Waals surface area contributed by atoms with Crippen LogP contribution in [0.4, 0.5) is 0 Å². The third kappa shape index (κ3) is 8.24. The molecule has 2 saturated carbocycles. The van der Waals surface area contributed by atoms with Gasteiger partial charge in [-0.1, -0.05) is 73.8 Å². The Kier molecular flexibility index (Phi) is 12.1. The lowest BCUT2D eigenvalue weighted by Crippen LogP contribution is -2.33. The van der Waals surface area contributed by atoms with Crippen molar-refractivity contribution in [2.45, 2.75) is 121 Å². The third-order valence-corrected chi connectivity index (χ3v) is 8.10. The minimum absolute atomic E-state index is 0.0101. The molecule has 2 fully saturated rings. The molecule has 0 atom stereocenters. The standard InChI is InChI=1S/C27H41N.2C2H6/c1-7-21-16-24(17-21)18-23-8-9-25(28-19-23)11-13-27(5,6)26(3,4)12-10-22-14-20(2)15-22;2*1-2/h8-9,19-22,24H,7,10,12,14-18H2,1-6H3;2*1-2H3. The molecule has 0 radical (unpaired) electrons. The molecule has 0 unspecified atom stereocenters. The van der Waals surface area contributed by atoms with Gasteiger partial charge in [0.2, 0.25) is 0 Å². The van der Waals surface area contributed by atoms with Crippen LogP contribution in [0.1, 0.15) is 125 Å². The van der Waals surface area contributed by atoms with Gasteiger partial charge in [-0.15, -0.1) is 0 Å². The van der Waals surface area contributed by atoms with Crippen LogP contribution in [0.3, 0.4) is 0 Å². The predicted molar refractivity (Wildman–Crippen MR) is 143 cm³/mol. The molecule has 0 N–H and O–H groups in total. The van der Waals surface area contributed by atoms with Crippen LogP contribution in [0.25, 0.3) is 0 Å². The molecule has 2 aliphatic rings. The van der Waals surface area contributed by atoms with E-state index in [1.807, 2.05) is 27.7 Å². The van der Waals surface area contributed by atoms with Gasteiger partial charge in [0.25, 0.3) is 0 Å². The van der Waals surface area contributed by atoms with E-state index >= 15 is 0 Å². The zero-order valence-electron chi connectivity index (χ0n) is 23.1. The lowest BCUT2D eigenvalue weighted by molar-refractivity contribution is 0.116. The van der Waals surface area contributed by atoms with E-state index in [-0.39, 0.29) is 10.8 Å². The molecule has 3 rings (SSSR count). The maximum atomic E-state index is 4.65. The van der Waals surface area contributed by atoms with Gasteiger partial charge in [-0.2, -0.15) is 0 Å². The molecule has 2 aliphatic carbocycles. The van der Waals surface area contributed by atoms with Gasteiger partial charge in [0.05, 0.1) is 0 Å². The fourth-order valence-electron chi connectivity index (χ4n) is 4.90. The maximum Gasteiger partial charge on any atom is 0.113 e. The van der Waals surface area contributed by atoms with Crippen molar-refractivity contribution in [2.24, 2.45) is 34.5 Å². The molecule has 0 bridgehead atoms. The summed E-state index contributed by atoms with van der Waals surface area (Å²) in [6, 6.07) is 4.36. The van der Waals surface area contributed by atoms with Crippen LogP contribution in [-0.4, -0.2) is 4.98 Å². The van der Waals surface area contributed by atoms with Gasteiger partial charge in [0, 0.05) is 11.6 Å². The summed E-state index contributed by atoms with van der Waals surface area (Å²) in [5.74, 6) is 10.7. The van der Waals surface area contributed by atoms with E-state index in [4.69, 9.17) is 0 Å². The highest BCUT2D eigenvalue weighted by Crippen LogP contribution is 2.45. The van der Waals surface area contributed by atoms with Crippen LogP contribution >= 0.6 is 0 Å². The Morgan fingerprint density at radius 1 is 0.906 bits per heavy atom. The zero-order valence-corrected chi connectivity index (χ0v) is 23.1. The molecule has 0 amide bonds. The van der Waals surface area contributed by atoms with E-state index in [2.05, 4.69) is 76.7 Å². The zero-order chi connectivity index (χ0) is 24.4. The molecule has 1 heteroatoms. The summed E-state index contributed by atoms with van der Waals surface area (Å²) >= 11 is 0. The number of hydrogen-bond acceptors (Lipinski definition) is 1. The minimum atomic E-state index is -0.0101. The second kappa shape index (κ2) is 13.4. The van der Waals surface area contributed by atoms with Gasteiger partial charge in [0.15, 0.2) is 0 Å². The highest BCUT2D eigenvalue weighted by molar-refractivity contribution is 5.31. The van der Waals surface area contributed by atoms with Crippen LogP contribution in [0.5, 0.6) is 0 Å². The summed E-state index contributed by atoms with van der Waals surface area (Å²) in [4.78, 5) is 4.65. The Morgan fingerprint density at radius 3 is 2.03 bits per heavy atom. The number of rotatable bonds is 7. The van der Waals surface area contributed by atoms with E-state index in [1.165, 1.54) is 56.9 Å². The topological polar surface area (TPSA) is 12.9 Å². The Bertz CT molecular complexity index is 688. The first-order valence-electron chi connectivity index (χ1n) is 13.7. The Morgan fingerprint density at radius 2 is 1.53 bits per heavy atom. The van der Waals surface area contributed by atoms with Crippen molar-refractivity contribution in [2.75, 3.05) is 0 Å². The first-order chi connectivity index (χ1) is 15.2. The summed E-state index contributed by atoms with van der Waals surface area (Å²) in [6.07, 6.45) is 12.9. The fraction of sp³-hybridized carbons (Fsp3) is 0.774. The average molecular weight is 440 g/mol. The van der Waals surface area contributed by atoms with Crippen LogP contribution in [-0.2, 0) is 6.42 Å². The van der Waals surface area contributed by atoms with Crippen LogP contribution in [0, 0.1) is 46.3 Å². The van der Waals surface area contributed by atoms with Gasteiger partial charge in [-0.25, -0.2) is 4.98 Å². The molecule has 1 nitrogen and oxygen atoms in total. The number of pyridine rings is 1. The van der Waals surface area contributed by atoms with E-state index in [1.54, 1.807) is 0 Å². The van der Waals surface area contributed by atoms with Crippen molar-refractivity contribution in [3.05, 3.63) is 29.6 Å². The predicted octanol–water partition coefficient (Wildman–Crippen LogP) is 9.34. The molecule has 0 spiro atoms. The Labute approximate surface area is 201 Å². The molecule has 0 aliphatic heterocycles. The van der Waals surface area contributed by atoms with Crippen molar-refractivity contribution in [3.8, 4) is 11.8 Å². The summed E-state index contributed by atoms with van der Waals surface area (Å²) < 4.78 is 0. The first-order valence-corrected chi connectivity index (χ1v) is 13.7. The summed E-state index contributed by atoms with van der Waals surface area (Å²) in [6.45, 7) is 22.1.